The maximum absolute atomic E-state index is 12.5. The first-order valence-electron chi connectivity index (χ1n) is 9.53. The van der Waals surface area contributed by atoms with Crippen LogP contribution in [0.3, 0.4) is 0 Å². The third-order valence-corrected chi connectivity index (χ3v) is 8.54. The molecular weight excluding hydrogens is 288 g/mol. The number of allylic oxidation sites excluding steroid dienone is 1. The monoisotopic (exact) mass is 316 g/mol. The van der Waals surface area contributed by atoms with Crippen LogP contribution < -0.4 is 0 Å². The highest BCUT2D eigenvalue weighted by Gasteiger charge is 2.71. The molecule has 0 aromatic heterocycles. The summed E-state index contributed by atoms with van der Waals surface area (Å²) in [4.78, 5) is 12.5. The molecule has 1 aliphatic heterocycles. The zero-order valence-electron chi connectivity index (χ0n) is 14.1. The Morgan fingerprint density at radius 3 is 2.91 bits per heavy atom. The van der Waals surface area contributed by atoms with Gasteiger partial charge in [-0.15, -0.1) is 0 Å². The van der Waals surface area contributed by atoms with Crippen molar-refractivity contribution in [2.45, 2.75) is 70.5 Å². The van der Waals surface area contributed by atoms with Crippen LogP contribution in [0.5, 0.6) is 0 Å². The summed E-state index contributed by atoms with van der Waals surface area (Å²) in [7, 11) is 0. The number of carbonyl (C=O) groups is 1. The molecule has 8 atom stereocenters. The topological polar surface area (TPSA) is 46.5 Å². The lowest BCUT2D eigenvalue weighted by molar-refractivity contribution is -0.207. The molecule has 5 aliphatic rings. The first kappa shape index (κ1) is 14.5. The van der Waals surface area contributed by atoms with E-state index < -0.39 is 6.10 Å². The van der Waals surface area contributed by atoms with Gasteiger partial charge in [0.15, 0.2) is 0 Å². The minimum absolute atomic E-state index is 0.0295. The SMILES string of the molecule is C=C1CC23CC1CCC2C1(C)CCCCC2C(=O)OC(C21)C3O. The largest absolute Gasteiger partial charge is 0.459 e. The van der Waals surface area contributed by atoms with Crippen LogP contribution in [-0.4, -0.2) is 23.3 Å². The summed E-state index contributed by atoms with van der Waals surface area (Å²) in [6.07, 6.45) is 8.18. The number of carbonyl (C=O) groups excluding carboxylic acids is 1. The second-order valence-electron chi connectivity index (χ2n) is 9.33. The van der Waals surface area contributed by atoms with E-state index in [1.54, 1.807) is 0 Å². The maximum atomic E-state index is 12.5. The van der Waals surface area contributed by atoms with Gasteiger partial charge in [0, 0.05) is 11.3 Å². The van der Waals surface area contributed by atoms with Crippen molar-refractivity contribution in [3.63, 3.8) is 0 Å². The smallest absolute Gasteiger partial charge is 0.309 e. The molecule has 1 N–H and O–H groups in total. The van der Waals surface area contributed by atoms with Crippen LogP contribution in [0.2, 0.25) is 0 Å². The van der Waals surface area contributed by atoms with Gasteiger partial charge in [0.2, 0.25) is 0 Å². The lowest BCUT2D eigenvalue weighted by atomic mass is 9.44. The molecule has 0 aromatic carbocycles. The first-order chi connectivity index (χ1) is 11.0. The molecule has 1 saturated heterocycles. The number of rotatable bonds is 0. The zero-order chi connectivity index (χ0) is 16.0. The second kappa shape index (κ2) is 4.41. The molecule has 0 aromatic rings. The number of hydrogen-bond donors (Lipinski definition) is 1. The summed E-state index contributed by atoms with van der Waals surface area (Å²) in [5.41, 5.74) is 1.41. The van der Waals surface area contributed by atoms with Crippen molar-refractivity contribution < 1.29 is 14.6 Å². The Labute approximate surface area is 138 Å². The van der Waals surface area contributed by atoms with Crippen LogP contribution in [0.25, 0.3) is 0 Å². The molecule has 5 fully saturated rings. The van der Waals surface area contributed by atoms with E-state index in [0.717, 1.165) is 25.7 Å². The average molecular weight is 316 g/mol. The van der Waals surface area contributed by atoms with Crippen molar-refractivity contribution in [1.29, 1.82) is 0 Å². The molecule has 1 heterocycles. The van der Waals surface area contributed by atoms with Gasteiger partial charge in [0.25, 0.3) is 0 Å². The van der Waals surface area contributed by atoms with Crippen LogP contribution in [0.4, 0.5) is 0 Å². The molecule has 1 spiro atoms. The lowest BCUT2D eigenvalue weighted by Gasteiger charge is -2.60. The van der Waals surface area contributed by atoms with Crippen LogP contribution >= 0.6 is 0 Å². The van der Waals surface area contributed by atoms with Crippen LogP contribution in [-0.2, 0) is 9.53 Å². The standard InChI is InChI=1S/C20H28O3/c1-11-9-20-10-12(11)6-7-14(20)19(2)8-4-3-5-13-15(19)16(17(20)21)23-18(13)22/h12-17,21H,1,3-10H2,2H3. The van der Waals surface area contributed by atoms with Crippen LogP contribution in [0.1, 0.15) is 58.3 Å². The predicted molar refractivity (Wildman–Crippen MR) is 86.5 cm³/mol. The van der Waals surface area contributed by atoms with Crippen molar-refractivity contribution in [1.82, 2.24) is 0 Å². The quantitative estimate of drug-likeness (QED) is 0.550. The van der Waals surface area contributed by atoms with Crippen molar-refractivity contribution in [3.05, 3.63) is 12.2 Å². The van der Waals surface area contributed by atoms with E-state index in [-0.39, 0.29) is 34.7 Å². The third-order valence-electron chi connectivity index (χ3n) is 8.54. The first-order valence-corrected chi connectivity index (χ1v) is 9.53. The summed E-state index contributed by atoms with van der Waals surface area (Å²) in [6.45, 7) is 6.74. The van der Waals surface area contributed by atoms with Gasteiger partial charge in [0.05, 0.1) is 12.0 Å². The van der Waals surface area contributed by atoms with Gasteiger partial charge in [-0.2, -0.15) is 0 Å². The Morgan fingerprint density at radius 2 is 2.09 bits per heavy atom. The lowest BCUT2D eigenvalue weighted by Crippen LogP contribution is -2.63. The summed E-state index contributed by atoms with van der Waals surface area (Å²) in [5.74, 6) is 1.34. The Kier molecular flexibility index (Phi) is 2.78. The fraction of sp³-hybridized carbons (Fsp3) is 0.850. The van der Waals surface area contributed by atoms with Gasteiger partial charge in [-0.1, -0.05) is 31.9 Å². The molecule has 3 heteroatoms. The highest BCUT2D eigenvalue weighted by atomic mass is 16.6. The van der Waals surface area contributed by atoms with Gasteiger partial charge >= 0.3 is 5.97 Å². The van der Waals surface area contributed by atoms with Crippen molar-refractivity contribution in [2.24, 2.45) is 34.5 Å². The molecule has 0 radical (unpaired) electrons. The third kappa shape index (κ3) is 1.58. The van der Waals surface area contributed by atoms with Gasteiger partial charge in [-0.25, -0.2) is 0 Å². The minimum Gasteiger partial charge on any atom is -0.459 e. The predicted octanol–water partition coefficient (Wildman–Crippen LogP) is 3.46. The summed E-state index contributed by atoms with van der Waals surface area (Å²) in [5, 5.41) is 11.3. The number of aliphatic hydroxyl groups excluding tert-OH is 1. The van der Waals surface area contributed by atoms with E-state index in [1.165, 1.54) is 31.3 Å². The average Bonchev–Trinajstić information content (AvgIpc) is 2.90. The Balaban J connectivity index is 1.67. The number of aliphatic hydroxyl groups is 1. The number of fused-ring (bicyclic) bond motifs is 2. The van der Waals surface area contributed by atoms with E-state index >= 15 is 0 Å². The van der Waals surface area contributed by atoms with E-state index in [1.807, 2.05) is 0 Å². The molecule has 4 saturated carbocycles. The van der Waals surface area contributed by atoms with E-state index in [0.29, 0.717) is 11.8 Å². The highest BCUT2D eigenvalue weighted by molar-refractivity contribution is 5.76. The summed E-state index contributed by atoms with van der Waals surface area (Å²) < 4.78 is 5.82. The summed E-state index contributed by atoms with van der Waals surface area (Å²) in [6, 6.07) is 0. The molecule has 3 nitrogen and oxygen atoms in total. The molecule has 2 bridgehead atoms. The van der Waals surface area contributed by atoms with Crippen LogP contribution in [0, 0.1) is 34.5 Å². The molecule has 4 aliphatic carbocycles. The number of ether oxygens (including phenoxy) is 1. The molecule has 8 unspecified atom stereocenters. The van der Waals surface area contributed by atoms with Crippen molar-refractivity contribution in [3.8, 4) is 0 Å². The van der Waals surface area contributed by atoms with Gasteiger partial charge < -0.3 is 9.84 Å². The fourth-order valence-corrected chi connectivity index (χ4v) is 7.72. The van der Waals surface area contributed by atoms with Crippen molar-refractivity contribution in [2.75, 3.05) is 0 Å². The van der Waals surface area contributed by atoms with Gasteiger partial charge in [-0.3, -0.25) is 4.79 Å². The van der Waals surface area contributed by atoms with Gasteiger partial charge in [0.1, 0.15) is 6.10 Å². The molecular formula is C20H28O3. The van der Waals surface area contributed by atoms with Crippen LogP contribution in [0.15, 0.2) is 12.2 Å². The Hall–Kier alpha value is -0.830. The van der Waals surface area contributed by atoms with Gasteiger partial charge in [-0.05, 0) is 55.8 Å². The molecule has 0 amide bonds. The minimum atomic E-state index is -0.486. The van der Waals surface area contributed by atoms with E-state index in [4.69, 9.17) is 4.74 Å². The number of hydrogen-bond acceptors (Lipinski definition) is 3. The highest BCUT2D eigenvalue weighted by Crippen LogP contribution is 2.71. The molecule has 126 valence electrons. The van der Waals surface area contributed by atoms with E-state index in [2.05, 4.69) is 13.5 Å². The Bertz CT molecular complexity index is 583. The summed E-state index contributed by atoms with van der Waals surface area (Å²) >= 11 is 0. The fourth-order valence-electron chi connectivity index (χ4n) is 7.72. The zero-order valence-corrected chi connectivity index (χ0v) is 14.1. The maximum Gasteiger partial charge on any atom is 0.309 e. The molecule has 23 heavy (non-hydrogen) atoms. The Morgan fingerprint density at radius 1 is 1.26 bits per heavy atom. The van der Waals surface area contributed by atoms with E-state index in [9.17, 15) is 9.90 Å². The number of esters is 1. The normalized spacial score (nSPS) is 57.5. The second-order valence-corrected chi connectivity index (χ2v) is 9.33. The van der Waals surface area contributed by atoms with Crippen molar-refractivity contribution >= 4 is 5.97 Å². The molecule has 5 rings (SSSR count).